The van der Waals surface area contributed by atoms with Crippen molar-refractivity contribution in [1.29, 1.82) is 0 Å². The van der Waals surface area contributed by atoms with Gasteiger partial charge >= 0.3 is 11.9 Å². The molecule has 2 rings (SSSR count). The van der Waals surface area contributed by atoms with Crippen molar-refractivity contribution >= 4 is 24.2 Å². The van der Waals surface area contributed by atoms with E-state index in [0.29, 0.717) is 37.5 Å². The van der Waals surface area contributed by atoms with Crippen LogP contribution in [0, 0.1) is 0 Å². The molecule has 11 nitrogen and oxygen atoms in total. The number of aldehydes is 1. The predicted octanol–water partition coefficient (Wildman–Crippen LogP) is 1.28. The number of nitrogens with zero attached hydrogens (tertiary/aromatic N) is 4. The predicted molar refractivity (Wildman–Crippen MR) is 113 cm³/mol. The molecule has 2 aromatic rings. The van der Waals surface area contributed by atoms with E-state index in [0.717, 1.165) is 18.7 Å². The molecular weight excluding hydrogens is 406 g/mol. The highest BCUT2D eigenvalue weighted by atomic mass is 16.5. The molecule has 0 radical (unpaired) electrons. The van der Waals surface area contributed by atoms with Crippen LogP contribution in [0.2, 0.25) is 0 Å². The molecule has 0 bridgehead atoms. The molecule has 3 N–H and O–H groups in total. The molecule has 1 heterocycles. The Kier molecular flexibility index (Phi) is 11.0. The summed E-state index contributed by atoms with van der Waals surface area (Å²) in [5.74, 6) is -0.866. The van der Waals surface area contributed by atoms with E-state index in [1.807, 2.05) is 26.2 Å². The van der Waals surface area contributed by atoms with Gasteiger partial charge in [0.05, 0.1) is 6.61 Å². The summed E-state index contributed by atoms with van der Waals surface area (Å²) in [6.07, 6.45) is 2.57. The SMILES string of the molecule is CN(C)Cc1cccc(OCCCNc2nc(C=O)nn2C)c1.O=C(O)C=CC(=O)O. The first kappa shape index (κ1) is 25.3. The lowest BCUT2D eigenvalue weighted by molar-refractivity contribution is -0.134. The minimum atomic E-state index is -1.26. The number of hydrogen-bond donors (Lipinski definition) is 3. The van der Waals surface area contributed by atoms with Crippen LogP contribution in [0.4, 0.5) is 5.95 Å². The van der Waals surface area contributed by atoms with Crippen molar-refractivity contribution in [2.45, 2.75) is 13.0 Å². The van der Waals surface area contributed by atoms with Crippen LogP contribution in [0.5, 0.6) is 5.75 Å². The van der Waals surface area contributed by atoms with Gasteiger partial charge in [0.25, 0.3) is 0 Å². The quantitative estimate of drug-likeness (QED) is 0.269. The molecule has 11 heteroatoms. The summed E-state index contributed by atoms with van der Waals surface area (Å²) in [6, 6.07) is 8.12. The summed E-state index contributed by atoms with van der Waals surface area (Å²) in [6.45, 7) is 2.20. The third-order valence-electron chi connectivity index (χ3n) is 3.52. The number of ether oxygens (including phenoxy) is 1. The van der Waals surface area contributed by atoms with Crippen molar-refractivity contribution in [3.05, 3.63) is 47.8 Å². The lowest BCUT2D eigenvalue weighted by atomic mass is 10.2. The molecule has 0 unspecified atom stereocenters. The molecule has 0 saturated heterocycles. The van der Waals surface area contributed by atoms with Gasteiger partial charge in [-0.15, -0.1) is 5.10 Å². The Morgan fingerprint density at radius 2 is 1.90 bits per heavy atom. The second kappa shape index (κ2) is 13.5. The zero-order chi connectivity index (χ0) is 23.2. The summed E-state index contributed by atoms with van der Waals surface area (Å²) in [4.78, 5) is 35.9. The Morgan fingerprint density at radius 3 is 2.45 bits per heavy atom. The van der Waals surface area contributed by atoms with Gasteiger partial charge in [0.2, 0.25) is 11.8 Å². The number of aliphatic carboxylic acids is 2. The topological polar surface area (TPSA) is 147 Å². The van der Waals surface area contributed by atoms with E-state index in [1.165, 1.54) is 5.56 Å². The van der Waals surface area contributed by atoms with Crippen molar-refractivity contribution in [2.24, 2.45) is 7.05 Å². The zero-order valence-electron chi connectivity index (χ0n) is 17.7. The molecule has 0 aliphatic carbocycles. The van der Waals surface area contributed by atoms with Gasteiger partial charge in [-0.05, 0) is 38.2 Å². The fourth-order valence-electron chi connectivity index (χ4n) is 2.31. The summed E-state index contributed by atoms with van der Waals surface area (Å²) in [5.41, 5.74) is 1.23. The van der Waals surface area contributed by atoms with Crippen LogP contribution in [0.15, 0.2) is 36.4 Å². The monoisotopic (exact) mass is 433 g/mol. The number of nitrogens with one attached hydrogen (secondary N) is 1. The zero-order valence-corrected chi connectivity index (χ0v) is 17.7. The summed E-state index contributed by atoms with van der Waals surface area (Å²) < 4.78 is 7.32. The van der Waals surface area contributed by atoms with Crippen LogP contribution in [0.25, 0.3) is 0 Å². The van der Waals surface area contributed by atoms with Crippen molar-refractivity contribution in [1.82, 2.24) is 19.7 Å². The van der Waals surface area contributed by atoms with Gasteiger partial charge in [-0.2, -0.15) is 4.98 Å². The van der Waals surface area contributed by atoms with E-state index in [-0.39, 0.29) is 5.82 Å². The fraction of sp³-hybridized carbons (Fsp3) is 0.350. The number of carbonyl (C=O) groups excluding carboxylic acids is 1. The molecule has 31 heavy (non-hydrogen) atoms. The van der Waals surface area contributed by atoms with E-state index >= 15 is 0 Å². The lowest BCUT2D eigenvalue weighted by Gasteiger charge is -2.12. The number of anilines is 1. The second-order valence-corrected chi connectivity index (χ2v) is 6.56. The van der Waals surface area contributed by atoms with E-state index < -0.39 is 11.9 Å². The highest BCUT2D eigenvalue weighted by Gasteiger charge is 2.05. The summed E-state index contributed by atoms with van der Waals surface area (Å²) in [7, 11) is 5.83. The first-order chi connectivity index (χ1) is 14.7. The molecule has 0 aliphatic heterocycles. The number of rotatable bonds is 11. The molecule has 0 fully saturated rings. The van der Waals surface area contributed by atoms with Crippen LogP contribution in [-0.4, -0.2) is 75.3 Å². The standard InChI is InChI=1S/C16H23N5O2.C4H4O4/c1-20(2)11-13-6-4-7-14(10-13)23-9-5-8-17-16-18-15(12-22)19-21(16)3;5-3(6)1-2-4(7)8/h4,6-7,10,12H,5,8-9,11H2,1-3H3,(H,17,18,19);1-2H,(H,5,6)(H,7,8). The van der Waals surface area contributed by atoms with Gasteiger partial charge in [-0.1, -0.05) is 12.1 Å². The smallest absolute Gasteiger partial charge is 0.328 e. The van der Waals surface area contributed by atoms with Crippen molar-refractivity contribution in [3.63, 3.8) is 0 Å². The largest absolute Gasteiger partial charge is 0.494 e. The fourth-order valence-corrected chi connectivity index (χ4v) is 2.31. The second-order valence-electron chi connectivity index (χ2n) is 6.56. The van der Waals surface area contributed by atoms with E-state index in [4.69, 9.17) is 14.9 Å². The molecule has 0 saturated carbocycles. The number of carboxylic acid groups (broad SMARTS) is 2. The first-order valence-electron chi connectivity index (χ1n) is 9.31. The van der Waals surface area contributed by atoms with Crippen LogP contribution in [0.3, 0.4) is 0 Å². The Bertz CT molecular complexity index is 878. The third kappa shape index (κ3) is 11.1. The van der Waals surface area contributed by atoms with Gasteiger partial charge in [0.1, 0.15) is 5.75 Å². The summed E-state index contributed by atoms with van der Waals surface area (Å²) in [5, 5.41) is 22.7. The molecule has 0 aliphatic rings. The third-order valence-corrected chi connectivity index (χ3v) is 3.52. The molecule has 1 aromatic heterocycles. The molecule has 1 aromatic carbocycles. The number of carbonyl (C=O) groups is 3. The molecule has 0 spiro atoms. The lowest BCUT2D eigenvalue weighted by Crippen LogP contribution is -2.11. The van der Waals surface area contributed by atoms with Gasteiger partial charge in [0, 0.05) is 32.3 Å². The number of carboxylic acids is 2. The maximum atomic E-state index is 10.6. The van der Waals surface area contributed by atoms with E-state index in [1.54, 1.807) is 11.7 Å². The average molecular weight is 433 g/mol. The van der Waals surface area contributed by atoms with Gasteiger partial charge in [-0.25, -0.2) is 14.3 Å². The van der Waals surface area contributed by atoms with E-state index in [9.17, 15) is 14.4 Å². The van der Waals surface area contributed by atoms with Gasteiger partial charge < -0.3 is 25.2 Å². The Labute approximate surface area is 180 Å². The Hall–Kier alpha value is -3.73. The van der Waals surface area contributed by atoms with Crippen LogP contribution in [0.1, 0.15) is 22.6 Å². The normalized spacial score (nSPS) is 10.5. The van der Waals surface area contributed by atoms with E-state index in [2.05, 4.69) is 32.4 Å². The Balaban J connectivity index is 0.000000512. The number of hydrogen-bond acceptors (Lipinski definition) is 8. The number of aromatic nitrogens is 3. The number of aryl methyl sites for hydroxylation is 1. The molecular formula is C20H27N5O6. The molecule has 168 valence electrons. The average Bonchev–Trinajstić information content (AvgIpc) is 3.06. The highest BCUT2D eigenvalue weighted by molar-refractivity contribution is 5.89. The first-order valence-corrected chi connectivity index (χ1v) is 9.31. The van der Waals surface area contributed by atoms with Gasteiger partial charge in [0.15, 0.2) is 6.29 Å². The Morgan fingerprint density at radius 1 is 1.23 bits per heavy atom. The van der Waals surface area contributed by atoms with Crippen molar-refractivity contribution < 1.29 is 29.3 Å². The molecule has 0 amide bonds. The van der Waals surface area contributed by atoms with Crippen LogP contribution < -0.4 is 10.1 Å². The van der Waals surface area contributed by atoms with Crippen LogP contribution in [-0.2, 0) is 23.2 Å². The van der Waals surface area contributed by atoms with Crippen molar-refractivity contribution in [3.8, 4) is 5.75 Å². The maximum Gasteiger partial charge on any atom is 0.328 e. The minimum Gasteiger partial charge on any atom is -0.494 e. The number of benzene rings is 1. The highest BCUT2D eigenvalue weighted by Crippen LogP contribution is 2.14. The van der Waals surface area contributed by atoms with Crippen LogP contribution >= 0.6 is 0 Å². The molecule has 0 atom stereocenters. The minimum absolute atomic E-state index is 0.184. The van der Waals surface area contributed by atoms with Gasteiger partial charge in [-0.3, -0.25) is 4.79 Å². The summed E-state index contributed by atoms with van der Waals surface area (Å²) >= 11 is 0. The maximum absolute atomic E-state index is 10.6. The van der Waals surface area contributed by atoms with Crippen molar-refractivity contribution in [2.75, 3.05) is 32.6 Å².